The molecule has 3 aromatic rings. The van der Waals surface area contributed by atoms with Gasteiger partial charge in [-0.1, -0.05) is 29.3 Å². The van der Waals surface area contributed by atoms with Crippen LogP contribution in [0.2, 0.25) is 10.0 Å². The van der Waals surface area contributed by atoms with Gasteiger partial charge in [0.2, 0.25) is 0 Å². The van der Waals surface area contributed by atoms with E-state index in [0.29, 0.717) is 10.6 Å². The third-order valence-electron chi connectivity index (χ3n) is 3.61. The highest BCUT2D eigenvalue weighted by Gasteiger charge is 2.33. The first-order chi connectivity index (χ1) is 11.5. The van der Waals surface area contributed by atoms with Crippen LogP contribution in [0.3, 0.4) is 0 Å². The van der Waals surface area contributed by atoms with Crippen molar-refractivity contribution >= 4 is 51.8 Å². The number of rotatable bonds is 5. The summed E-state index contributed by atoms with van der Waals surface area (Å²) in [6.45, 7) is 0.0437. The van der Waals surface area contributed by atoms with E-state index in [9.17, 15) is 9.90 Å². The summed E-state index contributed by atoms with van der Waals surface area (Å²) in [4.78, 5) is 13.2. The fourth-order valence-corrected chi connectivity index (χ4v) is 4.39. The first-order valence-corrected chi connectivity index (χ1v) is 9.61. The van der Waals surface area contributed by atoms with Gasteiger partial charge >= 0.3 is 0 Å². The van der Waals surface area contributed by atoms with Crippen LogP contribution in [0.5, 0.6) is 0 Å². The molecule has 3 rings (SSSR count). The van der Waals surface area contributed by atoms with E-state index in [4.69, 9.17) is 23.2 Å². The van der Waals surface area contributed by atoms with E-state index < -0.39 is 5.60 Å². The molecule has 7 heteroatoms. The van der Waals surface area contributed by atoms with Crippen LogP contribution in [0, 0.1) is 0 Å². The van der Waals surface area contributed by atoms with Gasteiger partial charge in [-0.3, -0.25) is 4.79 Å². The average Bonchev–Trinajstić information content (AvgIpc) is 3.25. The van der Waals surface area contributed by atoms with Gasteiger partial charge in [0, 0.05) is 15.5 Å². The van der Waals surface area contributed by atoms with Gasteiger partial charge in [-0.15, -0.1) is 11.3 Å². The van der Waals surface area contributed by atoms with E-state index in [1.165, 1.54) is 28.7 Å². The normalized spacial score (nSPS) is 13.5. The Morgan fingerprint density at radius 1 is 1.21 bits per heavy atom. The lowest BCUT2D eigenvalue weighted by Gasteiger charge is -2.27. The standard InChI is InChI=1S/C17H13Cl2NO2S2/c18-12-3-4-13(14(19)8-12)16(21)20-10-17(22,11-5-7-23-9-11)15-2-1-6-24-15/h1-9,22H,10H2,(H,20,21). The Morgan fingerprint density at radius 2 is 2.04 bits per heavy atom. The Balaban J connectivity index is 1.83. The molecule has 1 aromatic carbocycles. The molecule has 1 unspecified atom stereocenters. The van der Waals surface area contributed by atoms with Crippen molar-refractivity contribution in [2.24, 2.45) is 0 Å². The molecule has 0 aliphatic heterocycles. The number of amides is 1. The second-order valence-corrected chi connectivity index (χ2v) is 7.73. The van der Waals surface area contributed by atoms with Crippen molar-refractivity contribution in [3.05, 3.63) is 78.6 Å². The average molecular weight is 398 g/mol. The summed E-state index contributed by atoms with van der Waals surface area (Å²) in [5.41, 5.74) is -0.208. The lowest BCUT2D eigenvalue weighted by atomic mass is 9.94. The van der Waals surface area contributed by atoms with Crippen molar-refractivity contribution in [1.29, 1.82) is 0 Å². The summed E-state index contributed by atoms with van der Waals surface area (Å²) in [7, 11) is 0. The van der Waals surface area contributed by atoms with Crippen LogP contribution < -0.4 is 5.32 Å². The highest BCUT2D eigenvalue weighted by atomic mass is 35.5. The quantitative estimate of drug-likeness (QED) is 0.650. The molecule has 0 aliphatic rings. The van der Waals surface area contributed by atoms with Crippen LogP contribution in [0.25, 0.3) is 0 Å². The number of carbonyl (C=O) groups excluding carboxylic acids is 1. The predicted molar refractivity (Wildman–Crippen MR) is 100 cm³/mol. The molecular formula is C17H13Cl2NO2S2. The lowest BCUT2D eigenvalue weighted by molar-refractivity contribution is 0.0721. The highest BCUT2D eigenvalue weighted by molar-refractivity contribution is 7.10. The van der Waals surface area contributed by atoms with Crippen molar-refractivity contribution in [3.8, 4) is 0 Å². The highest BCUT2D eigenvalue weighted by Crippen LogP contribution is 2.33. The summed E-state index contributed by atoms with van der Waals surface area (Å²) < 4.78 is 0. The smallest absolute Gasteiger partial charge is 0.252 e. The fourth-order valence-electron chi connectivity index (χ4n) is 2.32. The lowest BCUT2D eigenvalue weighted by Crippen LogP contribution is -2.41. The fraction of sp³-hybridized carbons (Fsp3) is 0.118. The van der Waals surface area contributed by atoms with Crippen LogP contribution >= 0.6 is 45.9 Å². The molecule has 0 aliphatic carbocycles. The van der Waals surface area contributed by atoms with Crippen LogP contribution in [0.4, 0.5) is 0 Å². The topological polar surface area (TPSA) is 49.3 Å². The summed E-state index contributed by atoms with van der Waals surface area (Å²) >= 11 is 14.9. The Kier molecular flexibility index (Phi) is 5.27. The van der Waals surface area contributed by atoms with Crippen molar-refractivity contribution in [1.82, 2.24) is 5.32 Å². The third kappa shape index (κ3) is 3.50. The van der Waals surface area contributed by atoms with E-state index >= 15 is 0 Å². The number of nitrogens with one attached hydrogen (secondary N) is 1. The maximum absolute atomic E-state index is 12.4. The van der Waals surface area contributed by atoms with Gasteiger partial charge in [-0.2, -0.15) is 11.3 Å². The summed E-state index contributed by atoms with van der Waals surface area (Å²) in [6.07, 6.45) is 0. The van der Waals surface area contributed by atoms with Crippen molar-refractivity contribution in [2.75, 3.05) is 6.54 Å². The molecule has 0 fully saturated rings. The molecule has 2 heterocycles. The largest absolute Gasteiger partial charge is 0.378 e. The predicted octanol–water partition coefficient (Wildman–Crippen LogP) is 4.78. The number of thiophene rings is 2. The van der Waals surface area contributed by atoms with Gasteiger partial charge in [0.05, 0.1) is 17.1 Å². The monoisotopic (exact) mass is 397 g/mol. The van der Waals surface area contributed by atoms with Gasteiger partial charge < -0.3 is 10.4 Å². The van der Waals surface area contributed by atoms with E-state index in [0.717, 1.165) is 10.4 Å². The van der Waals surface area contributed by atoms with Gasteiger partial charge in [0.1, 0.15) is 5.60 Å². The van der Waals surface area contributed by atoms with Crippen molar-refractivity contribution < 1.29 is 9.90 Å². The Morgan fingerprint density at radius 3 is 2.67 bits per heavy atom. The molecule has 0 radical (unpaired) electrons. The summed E-state index contributed by atoms with van der Waals surface area (Å²) in [5, 5.41) is 20.4. The Hall–Kier alpha value is -1.37. The second-order valence-electron chi connectivity index (χ2n) is 5.16. The number of hydrogen-bond acceptors (Lipinski definition) is 4. The minimum absolute atomic E-state index is 0.0437. The number of hydrogen-bond donors (Lipinski definition) is 2. The van der Waals surface area contributed by atoms with E-state index in [1.54, 1.807) is 12.1 Å². The number of benzene rings is 1. The number of carbonyl (C=O) groups is 1. The Bertz CT molecular complexity index is 798. The maximum Gasteiger partial charge on any atom is 0.252 e. The maximum atomic E-state index is 12.4. The zero-order valence-electron chi connectivity index (χ0n) is 12.3. The van der Waals surface area contributed by atoms with Crippen molar-refractivity contribution in [2.45, 2.75) is 5.60 Å². The SMILES string of the molecule is O=C(NCC(O)(c1ccsc1)c1cccs1)c1ccc(Cl)cc1Cl. The molecule has 124 valence electrons. The molecular weight excluding hydrogens is 385 g/mol. The molecule has 0 spiro atoms. The molecule has 2 N–H and O–H groups in total. The van der Waals surface area contributed by atoms with E-state index in [1.807, 2.05) is 34.3 Å². The minimum atomic E-state index is -1.28. The Labute approximate surface area is 157 Å². The molecule has 1 atom stereocenters. The number of aliphatic hydroxyl groups is 1. The molecule has 0 saturated carbocycles. The summed E-state index contributed by atoms with van der Waals surface area (Å²) in [5.74, 6) is -0.359. The molecule has 2 aromatic heterocycles. The van der Waals surface area contributed by atoms with E-state index in [2.05, 4.69) is 5.32 Å². The second kappa shape index (κ2) is 7.25. The molecule has 24 heavy (non-hydrogen) atoms. The minimum Gasteiger partial charge on any atom is -0.378 e. The van der Waals surface area contributed by atoms with Crippen LogP contribution in [-0.4, -0.2) is 17.6 Å². The third-order valence-corrected chi connectivity index (χ3v) is 5.86. The van der Waals surface area contributed by atoms with Gasteiger partial charge in [-0.05, 0) is 46.5 Å². The zero-order valence-corrected chi connectivity index (χ0v) is 15.5. The van der Waals surface area contributed by atoms with Gasteiger partial charge in [0.25, 0.3) is 5.91 Å². The van der Waals surface area contributed by atoms with Gasteiger partial charge in [-0.25, -0.2) is 0 Å². The molecule has 0 bridgehead atoms. The molecule has 3 nitrogen and oxygen atoms in total. The first kappa shape index (κ1) is 17.5. The van der Waals surface area contributed by atoms with Crippen LogP contribution in [0.1, 0.15) is 20.8 Å². The van der Waals surface area contributed by atoms with Crippen LogP contribution in [-0.2, 0) is 5.60 Å². The first-order valence-electron chi connectivity index (χ1n) is 7.03. The molecule has 0 saturated heterocycles. The zero-order chi connectivity index (χ0) is 17.2. The van der Waals surface area contributed by atoms with Crippen LogP contribution in [0.15, 0.2) is 52.5 Å². The molecule has 1 amide bonds. The van der Waals surface area contributed by atoms with E-state index in [-0.39, 0.29) is 17.5 Å². The summed E-state index contributed by atoms with van der Waals surface area (Å²) in [6, 6.07) is 10.3. The van der Waals surface area contributed by atoms with Crippen molar-refractivity contribution in [3.63, 3.8) is 0 Å². The number of halogens is 2. The van der Waals surface area contributed by atoms with Gasteiger partial charge in [0.15, 0.2) is 0 Å².